The molecule has 1 aliphatic rings. The maximum atomic E-state index is 13.5. The number of nitrogens with zero attached hydrogens (tertiary/aromatic N) is 2. The molecule has 0 N–H and O–H groups in total. The number of allylic oxidation sites excluding steroid dienone is 1. The topological polar surface area (TPSA) is 60.7 Å². The zero-order chi connectivity index (χ0) is 22.1. The first-order chi connectivity index (χ1) is 14.9. The van der Waals surface area contributed by atoms with Crippen LogP contribution in [0.1, 0.15) is 36.6 Å². The van der Waals surface area contributed by atoms with Crippen molar-refractivity contribution in [3.8, 4) is 0 Å². The second-order valence-electron chi connectivity index (χ2n) is 7.26. The lowest BCUT2D eigenvalue weighted by atomic mass is 9.96. The summed E-state index contributed by atoms with van der Waals surface area (Å²) in [5.41, 5.74) is 3.70. The summed E-state index contributed by atoms with van der Waals surface area (Å²) >= 11 is 4.78. The van der Waals surface area contributed by atoms with Crippen molar-refractivity contribution >= 4 is 39.3 Å². The van der Waals surface area contributed by atoms with Crippen LogP contribution in [0.4, 0.5) is 0 Å². The van der Waals surface area contributed by atoms with Crippen molar-refractivity contribution < 1.29 is 9.53 Å². The van der Waals surface area contributed by atoms with Gasteiger partial charge in [-0.25, -0.2) is 9.79 Å². The van der Waals surface area contributed by atoms with E-state index in [0.717, 1.165) is 21.2 Å². The van der Waals surface area contributed by atoms with Crippen molar-refractivity contribution in [2.45, 2.75) is 26.8 Å². The average molecular weight is 497 g/mol. The number of hydrogen-bond acceptors (Lipinski definition) is 5. The van der Waals surface area contributed by atoms with Gasteiger partial charge in [0.15, 0.2) is 4.80 Å². The van der Waals surface area contributed by atoms with Gasteiger partial charge in [-0.15, -0.1) is 0 Å². The molecule has 0 aliphatic carbocycles. The molecule has 2 heterocycles. The van der Waals surface area contributed by atoms with E-state index in [1.807, 2.05) is 61.5 Å². The monoisotopic (exact) mass is 496 g/mol. The Bertz CT molecular complexity index is 1350. The average Bonchev–Trinajstić information content (AvgIpc) is 3.04. The van der Waals surface area contributed by atoms with Crippen LogP contribution in [0.5, 0.6) is 0 Å². The number of benzene rings is 2. The van der Waals surface area contributed by atoms with E-state index < -0.39 is 12.0 Å². The largest absolute Gasteiger partial charge is 0.463 e. The Hall–Kier alpha value is -2.77. The second-order valence-corrected chi connectivity index (χ2v) is 9.19. The molecule has 2 aromatic carbocycles. The Morgan fingerprint density at radius 2 is 1.84 bits per heavy atom. The summed E-state index contributed by atoms with van der Waals surface area (Å²) in [6.45, 7) is 5.82. The Balaban J connectivity index is 1.94. The Kier molecular flexibility index (Phi) is 6.07. The van der Waals surface area contributed by atoms with E-state index in [4.69, 9.17) is 4.74 Å². The van der Waals surface area contributed by atoms with E-state index in [1.165, 1.54) is 11.3 Å². The maximum Gasteiger partial charge on any atom is 0.338 e. The lowest BCUT2D eigenvalue weighted by Crippen LogP contribution is -2.39. The van der Waals surface area contributed by atoms with Gasteiger partial charge in [-0.05, 0) is 50.1 Å². The summed E-state index contributed by atoms with van der Waals surface area (Å²) in [5.74, 6) is -0.454. The van der Waals surface area contributed by atoms with Crippen LogP contribution in [0, 0.1) is 6.92 Å². The van der Waals surface area contributed by atoms with Gasteiger partial charge >= 0.3 is 5.97 Å². The zero-order valence-electron chi connectivity index (χ0n) is 17.4. The summed E-state index contributed by atoms with van der Waals surface area (Å²) < 4.78 is 8.40. The molecule has 7 heteroatoms. The van der Waals surface area contributed by atoms with Crippen molar-refractivity contribution in [3.05, 3.63) is 101 Å². The van der Waals surface area contributed by atoms with Gasteiger partial charge < -0.3 is 4.74 Å². The predicted molar refractivity (Wildman–Crippen MR) is 126 cm³/mol. The molecule has 3 aromatic rings. The summed E-state index contributed by atoms with van der Waals surface area (Å²) in [5, 5.41) is 0. The molecule has 1 aromatic heterocycles. The smallest absolute Gasteiger partial charge is 0.338 e. The highest BCUT2D eigenvalue weighted by Crippen LogP contribution is 2.31. The van der Waals surface area contributed by atoms with Gasteiger partial charge in [0.2, 0.25) is 0 Å². The molecule has 0 amide bonds. The highest BCUT2D eigenvalue weighted by atomic mass is 79.9. The van der Waals surface area contributed by atoms with Gasteiger partial charge in [0.1, 0.15) is 0 Å². The molecule has 0 saturated carbocycles. The predicted octanol–water partition coefficient (Wildman–Crippen LogP) is 3.87. The van der Waals surface area contributed by atoms with Gasteiger partial charge in [0, 0.05) is 4.47 Å². The molecule has 0 saturated heterocycles. The van der Waals surface area contributed by atoms with Crippen LogP contribution in [0.25, 0.3) is 6.08 Å². The normalized spacial score (nSPS) is 16.1. The van der Waals surface area contributed by atoms with E-state index in [1.54, 1.807) is 18.4 Å². The third kappa shape index (κ3) is 4.20. The number of aryl methyl sites for hydroxylation is 1. The number of rotatable bonds is 4. The first-order valence-corrected chi connectivity index (χ1v) is 11.5. The number of hydrogen-bond donors (Lipinski definition) is 0. The molecule has 5 nitrogen and oxygen atoms in total. The van der Waals surface area contributed by atoms with E-state index in [2.05, 4.69) is 20.9 Å². The van der Waals surface area contributed by atoms with Gasteiger partial charge in [-0.3, -0.25) is 9.36 Å². The number of fused-ring (bicyclic) bond motifs is 1. The van der Waals surface area contributed by atoms with Crippen molar-refractivity contribution in [1.82, 2.24) is 4.57 Å². The number of carbonyl (C=O) groups is 1. The second kappa shape index (κ2) is 8.77. The van der Waals surface area contributed by atoms with Crippen LogP contribution in [0.15, 0.2) is 74.1 Å². The lowest BCUT2D eigenvalue weighted by Gasteiger charge is -2.24. The van der Waals surface area contributed by atoms with Crippen molar-refractivity contribution in [1.29, 1.82) is 0 Å². The van der Waals surface area contributed by atoms with Gasteiger partial charge in [-0.1, -0.05) is 69.2 Å². The van der Waals surface area contributed by atoms with E-state index >= 15 is 0 Å². The molecule has 1 aliphatic heterocycles. The molecule has 4 rings (SSSR count). The third-order valence-corrected chi connectivity index (χ3v) is 6.59. The van der Waals surface area contributed by atoms with Crippen molar-refractivity contribution in [3.63, 3.8) is 0 Å². The fourth-order valence-corrected chi connectivity index (χ4v) is 4.88. The fourth-order valence-electron chi connectivity index (χ4n) is 3.57. The van der Waals surface area contributed by atoms with Gasteiger partial charge in [0.05, 0.1) is 28.5 Å². The third-order valence-electron chi connectivity index (χ3n) is 5.08. The summed E-state index contributed by atoms with van der Waals surface area (Å²) in [7, 11) is 0. The van der Waals surface area contributed by atoms with E-state index in [0.29, 0.717) is 20.6 Å². The molecule has 0 bridgehead atoms. The minimum atomic E-state index is -0.594. The first kappa shape index (κ1) is 21.5. The quantitative estimate of drug-likeness (QED) is 0.515. The molecular formula is C24H21BrN2O3S. The standard InChI is InChI=1S/C24H21BrN2O3S/c1-4-30-23(29)20-15(3)26-24-27(21(20)17-9-11-18(25)12-10-17)22(28)19(31-24)13-16-7-5-14(2)6-8-16/h5-13,21H,4H2,1-3H3. The highest BCUT2D eigenvalue weighted by molar-refractivity contribution is 9.10. The zero-order valence-corrected chi connectivity index (χ0v) is 19.8. The van der Waals surface area contributed by atoms with Crippen LogP contribution in [0.3, 0.4) is 0 Å². The number of ether oxygens (including phenoxy) is 1. The molecule has 158 valence electrons. The molecule has 0 fully saturated rings. The van der Waals surface area contributed by atoms with Crippen molar-refractivity contribution in [2.24, 2.45) is 4.99 Å². The van der Waals surface area contributed by atoms with Crippen LogP contribution in [-0.2, 0) is 9.53 Å². The number of carbonyl (C=O) groups excluding carboxylic acids is 1. The van der Waals surface area contributed by atoms with Crippen LogP contribution >= 0.6 is 27.3 Å². The minimum Gasteiger partial charge on any atom is -0.463 e. The SMILES string of the molecule is CCOC(=O)C1=C(C)N=c2sc(=Cc3ccc(C)cc3)c(=O)n2C1c1ccc(Br)cc1. The van der Waals surface area contributed by atoms with Gasteiger partial charge in [-0.2, -0.15) is 0 Å². The number of esters is 1. The Morgan fingerprint density at radius 3 is 2.48 bits per heavy atom. The highest BCUT2D eigenvalue weighted by Gasteiger charge is 2.33. The number of aromatic nitrogens is 1. The number of thiazole rings is 1. The molecule has 0 spiro atoms. The van der Waals surface area contributed by atoms with Crippen LogP contribution in [-0.4, -0.2) is 17.1 Å². The summed E-state index contributed by atoms with van der Waals surface area (Å²) in [4.78, 5) is 31.5. The molecule has 31 heavy (non-hydrogen) atoms. The van der Waals surface area contributed by atoms with Crippen molar-refractivity contribution in [2.75, 3.05) is 6.61 Å². The molecule has 0 radical (unpaired) electrons. The fraction of sp³-hybridized carbons (Fsp3) is 0.208. The maximum absolute atomic E-state index is 13.5. The first-order valence-electron chi connectivity index (χ1n) is 9.91. The van der Waals surface area contributed by atoms with Crippen LogP contribution < -0.4 is 14.9 Å². The molecule has 1 atom stereocenters. The lowest BCUT2D eigenvalue weighted by molar-refractivity contribution is -0.139. The van der Waals surface area contributed by atoms with E-state index in [-0.39, 0.29) is 12.2 Å². The summed E-state index contributed by atoms with van der Waals surface area (Å²) in [6.07, 6.45) is 1.87. The molecule has 1 unspecified atom stereocenters. The Labute approximate surface area is 192 Å². The van der Waals surface area contributed by atoms with Gasteiger partial charge in [0.25, 0.3) is 5.56 Å². The summed E-state index contributed by atoms with van der Waals surface area (Å²) in [6, 6.07) is 15.0. The van der Waals surface area contributed by atoms with Crippen LogP contribution in [0.2, 0.25) is 0 Å². The molecular weight excluding hydrogens is 476 g/mol. The minimum absolute atomic E-state index is 0.174. The Morgan fingerprint density at radius 1 is 1.16 bits per heavy atom. The van der Waals surface area contributed by atoms with E-state index in [9.17, 15) is 9.59 Å². The number of halogens is 1.